The Hall–Kier alpha value is -1.92. The lowest BCUT2D eigenvalue weighted by Crippen LogP contribution is -2.40. The number of esters is 1. The Kier molecular flexibility index (Phi) is 5.74. The Balaban J connectivity index is 1.82. The zero-order valence-corrected chi connectivity index (χ0v) is 13.9. The summed E-state index contributed by atoms with van der Waals surface area (Å²) in [4.78, 5) is 23.7. The van der Waals surface area contributed by atoms with Crippen molar-refractivity contribution in [1.29, 1.82) is 0 Å². The Morgan fingerprint density at radius 3 is 2.57 bits per heavy atom. The van der Waals surface area contributed by atoms with E-state index in [1.807, 2.05) is 51.1 Å². The summed E-state index contributed by atoms with van der Waals surface area (Å²) in [6, 6.07) is 9.90. The van der Waals surface area contributed by atoms with Crippen molar-refractivity contribution >= 4 is 11.9 Å². The summed E-state index contributed by atoms with van der Waals surface area (Å²) in [5.41, 5.74) is 6.82. The first kappa shape index (κ1) is 17.4. The second-order valence-corrected chi connectivity index (χ2v) is 6.67. The maximum Gasteiger partial charge on any atom is 0.306 e. The molecule has 6 heteroatoms. The zero-order chi connectivity index (χ0) is 16.9. The highest BCUT2D eigenvalue weighted by atomic mass is 16.6. The molecule has 1 aromatic rings. The van der Waals surface area contributed by atoms with Crippen LogP contribution in [0.15, 0.2) is 30.3 Å². The quantitative estimate of drug-likeness (QED) is 0.716. The van der Waals surface area contributed by atoms with Crippen LogP contribution < -0.4 is 16.2 Å². The van der Waals surface area contributed by atoms with Gasteiger partial charge in [0.1, 0.15) is 5.60 Å². The molecule has 23 heavy (non-hydrogen) atoms. The minimum Gasteiger partial charge on any atom is -0.460 e. The first-order valence-electron chi connectivity index (χ1n) is 7.90. The van der Waals surface area contributed by atoms with Crippen LogP contribution in [0.1, 0.15) is 45.2 Å². The second-order valence-electron chi connectivity index (χ2n) is 6.67. The highest BCUT2D eigenvalue weighted by Crippen LogP contribution is 2.19. The summed E-state index contributed by atoms with van der Waals surface area (Å²) in [7, 11) is 0. The van der Waals surface area contributed by atoms with Gasteiger partial charge in [-0.25, -0.2) is 5.43 Å². The molecule has 0 saturated carbocycles. The van der Waals surface area contributed by atoms with Gasteiger partial charge in [-0.1, -0.05) is 30.3 Å². The van der Waals surface area contributed by atoms with Crippen molar-refractivity contribution in [1.82, 2.24) is 16.2 Å². The Bertz CT molecular complexity index is 540. The van der Waals surface area contributed by atoms with Gasteiger partial charge in [-0.2, -0.15) is 0 Å². The number of ether oxygens (including phenoxy) is 1. The maximum atomic E-state index is 12.1. The Morgan fingerprint density at radius 2 is 1.91 bits per heavy atom. The minimum absolute atomic E-state index is 0.0154. The molecule has 1 heterocycles. The van der Waals surface area contributed by atoms with E-state index >= 15 is 0 Å². The molecule has 0 aliphatic carbocycles. The van der Waals surface area contributed by atoms with E-state index in [9.17, 15) is 9.59 Å². The average Bonchev–Trinajstić information content (AvgIpc) is 2.92. The van der Waals surface area contributed by atoms with Crippen molar-refractivity contribution in [2.45, 2.75) is 51.3 Å². The van der Waals surface area contributed by atoms with Crippen LogP contribution in [-0.2, 0) is 14.3 Å². The molecule has 1 aliphatic rings. The van der Waals surface area contributed by atoms with Crippen LogP contribution in [0.2, 0.25) is 0 Å². The molecule has 1 aliphatic heterocycles. The van der Waals surface area contributed by atoms with Crippen LogP contribution in [-0.4, -0.2) is 30.1 Å². The molecule has 126 valence electrons. The van der Waals surface area contributed by atoms with E-state index in [4.69, 9.17) is 4.74 Å². The fourth-order valence-corrected chi connectivity index (χ4v) is 2.49. The van der Waals surface area contributed by atoms with Crippen LogP contribution in [0.25, 0.3) is 0 Å². The molecule has 0 spiro atoms. The summed E-state index contributed by atoms with van der Waals surface area (Å²) in [5.74, 6) is -0.498. The van der Waals surface area contributed by atoms with Gasteiger partial charge in [-0.15, -0.1) is 0 Å². The predicted octanol–water partition coefficient (Wildman–Crippen LogP) is 1.44. The number of amides is 1. The van der Waals surface area contributed by atoms with E-state index in [0.717, 1.165) is 5.56 Å². The van der Waals surface area contributed by atoms with Gasteiger partial charge in [0.05, 0.1) is 18.5 Å². The van der Waals surface area contributed by atoms with Crippen molar-refractivity contribution in [2.24, 2.45) is 0 Å². The van der Waals surface area contributed by atoms with Gasteiger partial charge >= 0.3 is 5.97 Å². The molecule has 2 atom stereocenters. The fourth-order valence-electron chi connectivity index (χ4n) is 2.49. The van der Waals surface area contributed by atoms with Gasteiger partial charge in [0.25, 0.3) is 0 Å². The third-order valence-corrected chi connectivity index (χ3v) is 3.46. The standard InChI is InChI=1S/C17H25N3O3/c1-17(2,3)23-15(22)10-9-14(21)19-13-11-18-20-16(13)12-7-5-4-6-8-12/h4-8,13,16,18,20H,9-11H2,1-3H3,(H,19,21). The van der Waals surface area contributed by atoms with Gasteiger partial charge in [0, 0.05) is 13.0 Å². The van der Waals surface area contributed by atoms with E-state index in [-0.39, 0.29) is 36.8 Å². The van der Waals surface area contributed by atoms with E-state index in [0.29, 0.717) is 6.54 Å². The number of hydrazine groups is 1. The second kappa shape index (κ2) is 7.57. The molecule has 2 unspecified atom stereocenters. The highest BCUT2D eigenvalue weighted by Gasteiger charge is 2.29. The topological polar surface area (TPSA) is 79.5 Å². The van der Waals surface area contributed by atoms with Crippen molar-refractivity contribution in [2.75, 3.05) is 6.54 Å². The molecular weight excluding hydrogens is 294 g/mol. The molecule has 2 rings (SSSR count). The van der Waals surface area contributed by atoms with E-state index in [1.165, 1.54) is 0 Å². The highest BCUT2D eigenvalue weighted by molar-refractivity contribution is 5.81. The molecule has 0 aromatic heterocycles. The lowest BCUT2D eigenvalue weighted by molar-refractivity contribution is -0.155. The van der Waals surface area contributed by atoms with Crippen molar-refractivity contribution in [3.05, 3.63) is 35.9 Å². The van der Waals surface area contributed by atoms with Gasteiger partial charge in [-0.3, -0.25) is 15.0 Å². The smallest absolute Gasteiger partial charge is 0.306 e. The zero-order valence-electron chi connectivity index (χ0n) is 13.9. The number of carbonyl (C=O) groups is 2. The summed E-state index contributed by atoms with van der Waals surface area (Å²) in [6.45, 7) is 6.07. The SMILES string of the molecule is CC(C)(C)OC(=O)CCC(=O)NC1CNNC1c1ccccc1. The van der Waals surface area contributed by atoms with Gasteiger partial charge in [0.2, 0.25) is 5.91 Å². The summed E-state index contributed by atoms with van der Waals surface area (Å²) in [6.07, 6.45) is 0.222. The number of nitrogens with one attached hydrogen (secondary N) is 3. The minimum atomic E-state index is -0.523. The van der Waals surface area contributed by atoms with Gasteiger partial charge in [-0.05, 0) is 26.3 Å². The first-order chi connectivity index (χ1) is 10.8. The van der Waals surface area contributed by atoms with Crippen LogP contribution >= 0.6 is 0 Å². The van der Waals surface area contributed by atoms with Crippen LogP contribution in [0, 0.1) is 0 Å². The van der Waals surface area contributed by atoms with Crippen molar-refractivity contribution in [3.63, 3.8) is 0 Å². The molecule has 1 saturated heterocycles. The fraction of sp³-hybridized carbons (Fsp3) is 0.529. The third-order valence-electron chi connectivity index (χ3n) is 3.46. The van der Waals surface area contributed by atoms with Gasteiger partial charge in [0.15, 0.2) is 0 Å². The molecule has 1 amide bonds. The molecule has 3 N–H and O–H groups in total. The Labute approximate surface area is 136 Å². The first-order valence-corrected chi connectivity index (χ1v) is 7.90. The van der Waals surface area contributed by atoms with E-state index in [2.05, 4.69) is 16.2 Å². The monoisotopic (exact) mass is 319 g/mol. The number of benzene rings is 1. The lowest BCUT2D eigenvalue weighted by atomic mass is 10.0. The number of hydrogen-bond acceptors (Lipinski definition) is 5. The number of carbonyl (C=O) groups excluding carboxylic acids is 2. The Morgan fingerprint density at radius 1 is 1.22 bits per heavy atom. The van der Waals surface area contributed by atoms with Crippen molar-refractivity contribution < 1.29 is 14.3 Å². The summed E-state index contributed by atoms with van der Waals surface area (Å²) in [5, 5.41) is 2.97. The van der Waals surface area contributed by atoms with E-state index < -0.39 is 5.60 Å². The molecular formula is C17H25N3O3. The molecule has 0 bridgehead atoms. The maximum absolute atomic E-state index is 12.1. The lowest BCUT2D eigenvalue weighted by Gasteiger charge is -2.21. The predicted molar refractivity (Wildman–Crippen MR) is 87.3 cm³/mol. The molecule has 0 radical (unpaired) electrons. The van der Waals surface area contributed by atoms with Gasteiger partial charge < -0.3 is 10.1 Å². The third kappa shape index (κ3) is 5.65. The normalized spacial score (nSPS) is 21.0. The van der Waals surface area contributed by atoms with Crippen LogP contribution in [0.4, 0.5) is 0 Å². The number of hydrogen-bond donors (Lipinski definition) is 3. The molecule has 1 aromatic carbocycles. The van der Waals surface area contributed by atoms with Crippen molar-refractivity contribution in [3.8, 4) is 0 Å². The van der Waals surface area contributed by atoms with E-state index in [1.54, 1.807) is 0 Å². The number of rotatable bonds is 5. The summed E-state index contributed by atoms with van der Waals surface area (Å²) < 4.78 is 5.20. The van der Waals surface area contributed by atoms with Crippen LogP contribution in [0.5, 0.6) is 0 Å². The van der Waals surface area contributed by atoms with Crippen LogP contribution in [0.3, 0.4) is 0 Å². The molecule has 6 nitrogen and oxygen atoms in total. The molecule has 1 fully saturated rings. The average molecular weight is 319 g/mol. The summed E-state index contributed by atoms with van der Waals surface area (Å²) >= 11 is 0. The largest absolute Gasteiger partial charge is 0.460 e.